The Morgan fingerprint density at radius 3 is 2.33 bits per heavy atom. The standard InChI is InChI=1S/C52H68N12O14S/c1-9-52(71)34-17-37-44-32(24-64(37)47(69)33(34)25-74-48(52)70)31(30-16-38-39(76-27-75-38)18-36(30)60-44)21-56-41(65)23-57-45(67)35(12-10-11-14-53)61-46(68)43(28(2)3)62-42(66)26-78-50(4,5)13-15-77-51(6,7)40(63-54)22-55-29-19-58-49(59-20-29)79(8,72)73/h16-20,22,28,35,43,71H,9-15,21,23-27,53-54H2,1-8H3,(H,56,65)(H,57,67)(H,61,68)(H,62,66)/t35-,43-,52-/m0/s1. The minimum absolute atomic E-state index is 0.0117. The maximum absolute atomic E-state index is 14.0. The number of amides is 4. The van der Waals surface area contributed by atoms with Gasteiger partial charge in [-0.2, -0.15) is 5.10 Å². The summed E-state index contributed by atoms with van der Waals surface area (Å²) in [4.78, 5) is 98.1. The minimum Gasteiger partial charge on any atom is -0.458 e. The number of carbonyl (C=O) groups excluding carboxylic acids is 5. The van der Waals surface area contributed by atoms with Gasteiger partial charge in [-0.05, 0) is 90.0 Å². The molecule has 4 amide bonds. The Labute approximate surface area is 455 Å². The van der Waals surface area contributed by atoms with Gasteiger partial charge >= 0.3 is 5.97 Å². The fourth-order valence-corrected chi connectivity index (χ4v) is 9.56. The molecule has 0 radical (unpaired) electrons. The number of hydrogen-bond acceptors (Lipinski definition) is 21. The Morgan fingerprint density at radius 1 is 0.962 bits per heavy atom. The molecule has 0 bridgehead atoms. The van der Waals surface area contributed by atoms with E-state index in [1.165, 1.54) is 23.2 Å². The average molecular weight is 1120 g/mol. The SMILES string of the molecule is CC[C@@]1(O)C(=O)OCc2c1cc1n(c2=O)Cc2c-1nc1cc3c(cc1c2CNC(=O)CNC(=O)[C@H](CCCCN)NC(=O)[C@@H](NC(=O)COC(C)(C)CCOC(C)(C)C(C=Nc1cnc(S(C)(=O)=O)nc1)=NN)C(C)C)OCO3. The van der Waals surface area contributed by atoms with Gasteiger partial charge in [-0.25, -0.2) is 28.2 Å². The lowest BCUT2D eigenvalue weighted by Gasteiger charge is -2.31. The first kappa shape index (κ1) is 59.2. The number of hydrazone groups is 1. The summed E-state index contributed by atoms with van der Waals surface area (Å²) in [6, 6.07) is 2.85. The molecule has 79 heavy (non-hydrogen) atoms. The number of nitrogens with zero attached hydrogens (tertiary/aromatic N) is 6. The second-order valence-corrected chi connectivity index (χ2v) is 22.7. The Hall–Kier alpha value is -7.46. The number of benzene rings is 1. The number of aliphatic hydroxyl groups is 1. The lowest BCUT2D eigenvalue weighted by Crippen LogP contribution is -2.56. The molecule has 1 aromatic carbocycles. The van der Waals surface area contributed by atoms with Crippen LogP contribution in [0.5, 0.6) is 11.5 Å². The number of esters is 1. The smallest absolute Gasteiger partial charge is 0.343 e. The number of pyridine rings is 2. The molecule has 7 rings (SSSR count). The lowest BCUT2D eigenvalue weighted by molar-refractivity contribution is -0.172. The summed E-state index contributed by atoms with van der Waals surface area (Å²) in [5.74, 6) is 2.84. The second kappa shape index (κ2) is 24.3. The van der Waals surface area contributed by atoms with Crippen LogP contribution in [0.15, 0.2) is 50.6 Å². The number of nitrogens with two attached hydrogens (primary N) is 2. The maximum Gasteiger partial charge on any atom is 0.343 e. The molecule has 27 heteroatoms. The van der Waals surface area contributed by atoms with Crippen LogP contribution >= 0.6 is 0 Å². The van der Waals surface area contributed by atoms with E-state index in [9.17, 15) is 42.3 Å². The van der Waals surface area contributed by atoms with Crippen molar-refractivity contribution in [3.05, 3.63) is 63.2 Å². The molecule has 4 aromatic rings. The normalized spacial score (nSPS) is 16.7. The highest BCUT2D eigenvalue weighted by Gasteiger charge is 2.46. The summed E-state index contributed by atoms with van der Waals surface area (Å²) in [6.07, 6.45) is 6.30. The minimum atomic E-state index is -3.59. The number of nitrogens with one attached hydrogen (secondary N) is 4. The van der Waals surface area contributed by atoms with Crippen molar-refractivity contribution < 1.29 is 61.2 Å². The summed E-state index contributed by atoms with van der Waals surface area (Å²) < 4.78 is 53.5. The third-order valence-electron chi connectivity index (χ3n) is 13.8. The molecular weight excluding hydrogens is 1050 g/mol. The van der Waals surface area contributed by atoms with E-state index in [0.717, 1.165) is 6.26 Å². The molecule has 0 aliphatic carbocycles. The van der Waals surface area contributed by atoms with E-state index in [-0.39, 0.29) is 73.6 Å². The lowest BCUT2D eigenvalue weighted by atomic mass is 9.86. The summed E-state index contributed by atoms with van der Waals surface area (Å²) >= 11 is 0. The largest absolute Gasteiger partial charge is 0.458 e. The third kappa shape index (κ3) is 13.5. The van der Waals surface area contributed by atoms with Gasteiger partial charge in [0.05, 0.1) is 72.1 Å². The van der Waals surface area contributed by atoms with Gasteiger partial charge in [-0.3, -0.25) is 29.0 Å². The average Bonchev–Trinajstić information content (AvgIpc) is 4.03. The first-order valence-corrected chi connectivity index (χ1v) is 27.6. The monoisotopic (exact) mass is 1120 g/mol. The van der Waals surface area contributed by atoms with Gasteiger partial charge in [-0.15, -0.1) is 0 Å². The molecule has 0 unspecified atom stereocenters. The number of cyclic esters (lactones) is 1. The van der Waals surface area contributed by atoms with Gasteiger partial charge in [-0.1, -0.05) is 20.8 Å². The number of carbonyl (C=O) groups is 5. The van der Waals surface area contributed by atoms with Crippen molar-refractivity contribution in [3.63, 3.8) is 0 Å². The first-order chi connectivity index (χ1) is 37.3. The van der Waals surface area contributed by atoms with Gasteiger partial charge in [0.1, 0.15) is 36.6 Å². The Bertz CT molecular complexity index is 3250. The van der Waals surface area contributed by atoms with Crippen molar-refractivity contribution in [3.8, 4) is 22.9 Å². The molecule has 0 saturated carbocycles. The van der Waals surface area contributed by atoms with Crippen LogP contribution in [0.1, 0.15) is 103 Å². The number of ether oxygens (including phenoxy) is 5. The fraction of sp³-hybridized carbons (Fsp3) is 0.519. The number of aliphatic imine (C=N–C) groups is 1. The van der Waals surface area contributed by atoms with Gasteiger partial charge in [0.25, 0.3) is 5.56 Å². The van der Waals surface area contributed by atoms with Crippen LogP contribution in [0.25, 0.3) is 22.3 Å². The van der Waals surface area contributed by atoms with Crippen LogP contribution < -0.4 is 47.9 Å². The van der Waals surface area contributed by atoms with E-state index in [1.54, 1.807) is 66.7 Å². The van der Waals surface area contributed by atoms with Crippen molar-refractivity contribution in [2.75, 3.05) is 39.4 Å². The number of unbranched alkanes of at least 4 members (excludes halogenated alkanes) is 1. The summed E-state index contributed by atoms with van der Waals surface area (Å²) in [6.45, 7) is 11.3. The molecule has 3 atom stereocenters. The topological polar surface area (TPSA) is 371 Å². The summed E-state index contributed by atoms with van der Waals surface area (Å²) in [7, 11) is -3.59. The van der Waals surface area contributed by atoms with E-state index < -0.39 is 93.0 Å². The third-order valence-corrected chi connectivity index (χ3v) is 14.7. The van der Waals surface area contributed by atoms with E-state index in [2.05, 4.69) is 41.3 Å². The number of sulfone groups is 1. The first-order valence-electron chi connectivity index (χ1n) is 25.7. The molecule has 0 fully saturated rings. The van der Waals surface area contributed by atoms with E-state index in [4.69, 9.17) is 40.2 Å². The van der Waals surface area contributed by atoms with Crippen LogP contribution in [0.2, 0.25) is 0 Å². The van der Waals surface area contributed by atoms with Crippen molar-refractivity contribution in [2.45, 2.75) is 134 Å². The van der Waals surface area contributed by atoms with Crippen molar-refractivity contribution in [1.82, 2.24) is 40.8 Å². The summed E-state index contributed by atoms with van der Waals surface area (Å²) in [5, 5.41) is 26.5. The Kier molecular flexibility index (Phi) is 18.2. The van der Waals surface area contributed by atoms with Crippen LogP contribution in [0.3, 0.4) is 0 Å². The van der Waals surface area contributed by atoms with Crippen LogP contribution in [-0.2, 0) is 73.3 Å². The number of aromatic nitrogens is 4. The predicted molar refractivity (Wildman–Crippen MR) is 287 cm³/mol. The Morgan fingerprint density at radius 2 is 1.67 bits per heavy atom. The zero-order valence-corrected chi connectivity index (χ0v) is 46.2. The predicted octanol–water partition coefficient (Wildman–Crippen LogP) is 1.19. The molecule has 3 aromatic heterocycles. The number of fused-ring (bicyclic) bond motifs is 6. The summed E-state index contributed by atoms with van der Waals surface area (Å²) in [5.41, 5.74) is 4.59. The fourth-order valence-electron chi connectivity index (χ4n) is 9.07. The second-order valence-electron chi connectivity index (χ2n) is 20.8. The molecular formula is C52H68N12O14S. The number of hydrogen-bond donors (Lipinski definition) is 7. The zero-order valence-electron chi connectivity index (χ0n) is 45.4. The molecule has 0 saturated heterocycles. The van der Waals surface area contributed by atoms with Crippen molar-refractivity contribution in [1.29, 1.82) is 0 Å². The zero-order chi connectivity index (χ0) is 57.6. The highest BCUT2D eigenvalue weighted by atomic mass is 32.2. The van der Waals surface area contributed by atoms with Crippen LogP contribution in [0.4, 0.5) is 5.69 Å². The van der Waals surface area contributed by atoms with Gasteiger partial charge in [0.15, 0.2) is 17.1 Å². The van der Waals surface area contributed by atoms with Crippen molar-refractivity contribution >= 4 is 68.0 Å². The molecule has 0 spiro atoms. The molecule has 26 nitrogen and oxygen atoms in total. The van der Waals surface area contributed by atoms with Gasteiger partial charge in [0.2, 0.25) is 45.4 Å². The van der Waals surface area contributed by atoms with Crippen LogP contribution in [-0.4, -0.2) is 137 Å². The van der Waals surface area contributed by atoms with Crippen molar-refractivity contribution in [2.24, 2.45) is 27.6 Å². The van der Waals surface area contributed by atoms with E-state index in [1.807, 2.05) is 0 Å². The van der Waals surface area contributed by atoms with Gasteiger partial charge < -0.3 is 66.2 Å². The maximum atomic E-state index is 14.0. The highest BCUT2D eigenvalue weighted by Crippen LogP contribution is 2.43. The molecule has 426 valence electrons. The molecule has 3 aliphatic heterocycles. The number of rotatable bonds is 25. The quantitative estimate of drug-likeness (QED) is 0.0108. The highest BCUT2D eigenvalue weighted by molar-refractivity contribution is 7.90. The molecule has 6 heterocycles. The van der Waals surface area contributed by atoms with E-state index in [0.29, 0.717) is 70.7 Å². The van der Waals surface area contributed by atoms with Gasteiger partial charge in [0, 0.05) is 35.4 Å². The molecule has 9 N–H and O–H groups in total. The van der Waals surface area contributed by atoms with Crippen LogP contribution in [0, 0.1) is 5.92 Å². The van der Waals surface area contributed by atoms with E-state index >= 15 is 0 Å². The Balaban J connectivity index is 0.947. The molecule has 3 aliphatic rings.